The maximum absolute atomic E-state index is 12.4. The number of hydrogen-bond acceptors (Lipinski definition) is 18. The predicted molar refractivity (Wildman–Crippen MR) is 472 cm³/mol. The molecule has 0 radical (unpaired) electrons. The molecule has 2 aromatic rings. The third-order valence-electron chi connectivity index (χ3n) is 21.5. The highest BCUT2D eigenvalue weighted by atomic mass is 16.6. The average Bonchev–Trinajstić information content (AvgIpc) is 0.846. The van der Waals surface area contributed by atoms with Crippen LogP contribution in [0.5, 0.6) is 0 Å². The Morgan fingerprint density at radius 3 is 0.842 bits per heavy atom. The van der Waals surface area contributed by atoms with E-state index in [2.05, 4.69) is 19.7 Å². The first kappa shape index (κ1) is 117. The van der Waals surface area contributed by atoms with E-state index in [0.29, 0.717) is 38.5 Å². The van der Waals surface area contributed by atoms with E-state index >= 15 is 0 Å². The fourth-order valence-corrected chi connectivity index (χ4v) is 12.3. The molecule has 6 N–H and O–H groups in total. The number of carboxylic acids is 6. The second kappa shape index (κ2) is 51.3. The van der Waals surface area contributed by atoms with E-state index in [1.165, 1.54) is 6.08 Å². The lowest BCUT2D eigenvalue weighted by Crippen LogP contribution is -2.40. The molecule has 0 aliphatic heterocycles. The second-order valence-electron chi connectivity index (χ2n) is 37.6. The first-order valence-electron chi connectivity index (χ1n) is 41.0. The third-order valence-corrected chi connectivity index (χ3v) is 21.5. The van der Waals surface area contributed by atoms with E-state index in [-0.39, 0.29) is 95.4 Å². The maximum atomic E-state index is 12.4. The molecule has 0 bridgehead atoms. The zero-order valence-corrected chi connectivity index (χ0v) is 78.4. The van der Waals surface area contributed by atoms with Crippen LogP contribution in [0.2, 0.25) is 0 Å². The number of benzene rings is 2. The molecule has 24 nitrogen and oxygen atoms in total. The van der Waals surface area contributed by atoms with Gasteiger partial charge in [0.2, 0.25) is 0 Å². The average molecular weight is 1690 g/mol. The number of carbonyl (C=O) groups is 12. The first-order valence-corrected chi connectivity index (χ1v) is 41.0. The monoisotopic (exact) mass is 1690 g/mol. The number of carboxylic acid groups (broad SMARTS) is 6. The summed E-state index contributed by atoms with van der Waals surface area (Å²) < 4.78 is 31.3. The summed E-state index contributed by atoms with van der Waals surface area (Å²) in [5.74, 6) is -7.58. The van der Waals surface area contributed by atoms with Gasteiger partial charge in [-0.1, -0.05) is 146 Å². The van der Waals surface area contributed by atoms with Crippen LogP contribution in [0.4, 0.5) is 0 Å². The zero-order valence-electron chi connectivity index (χ0n) is 78.4. The quantitative estimate of drug-likeness (QED) is 0.0204. The highest BCUT2D eigenvalue weighted by Crippen LogP contribution is 2.44. The molecule has 0 aromatic heterocycles. The molecule has 0 aliphatic rings. The summed E-state index contributed by atoms with van der Waals surface area (Å²) in [4.78, 5) is 140. The molecule has 0 amide bonds. The standard InChI is InChI=1S/C20H28O4.C19H26O4.2C15H26O4.C14H24O4.C13H22O4/c1-6-20(5,17(21)22)14-19(3,4)18(23)24-13-15(2)12-16-10-8-7-9-11-16;1-5-19(4,16(20)21)14-18(2,3)17(22)23-13-9-12-15-10-7-6-8-11-15;1-8-14(5,6)19-12(18)13(3,4)10-15(7,9-2)11(16)17;1-7-15(6,12(16)17)10-14(4,5)13(18)19-9-8-11(2)3;1-7-14(6,11(15)16)9-13(4,5)12(17)18-8-10(2)3;1-6-8-17-11(16)12(3,4)9-13(5,7-2)10(14)15/h7-12H,6,13-14H2,1-5H3,(H,21,22);6-12H,5,13-14H2,1-4H3,(H,20,21);8H,1,9-10H2,2-7H3,(H,16,17);8H,7,9-10H2,1-6H3,(H,16,17);2,7-9H2,1,3-6H3,(H,15,16);6H,1,7-9H2,2-5H3,(H,14,15)/b15-12+;12-9+;;;;. The number of aliphatic carboxylic acids is 6. The third kappa shape index (κ3) is 42.6. The van der Waals surface area contributed by atoms with Crippen molar-refractivity contribution in [2.24, 2.45) is 65.0 Å². The van der Waals surface area contributed by atoms with Gasteiger partial charge in [-0.3, -0.25) is 57.5 Å². The van der Waals surface area contributed by atoms with Crippen LogP contribution in [0.25, 0.3) is 12.2 Å². The van der Waals surface area contributed by atoms with Crippen LogP contribution in [0, 0.1) is 65.0 Å². The highest BCUT2D eigenvalue weighted by Gasteiger charge is 2.48. The Balaban J connectivity index is -0.000000676. The smallest absolute Gasteiger partial charge is 0.312 e. The van der Waals surface area contributed by atoms with Crippen LogP contribution in [0.15, 0.2) is 121 Å². The van der Waals surface area contributed by atoms with Crippen molar-refractivity contribution in [3.05, 3.63) is 133 Å². The van der Waals surface area contributed by atoms with Crippen molar-refractivity contribution >= 4 is 83.8 Å². The van der Waals surface area contributed by atoms with E-state index in [4.69, 9.17) is 28.4 Å². The van der Waals surface area contributed by atoms with Crippen LogP contribution in [0.3, 0.4) is 0 Å². The van der Waals surface area contributed by atoms with Crippen molar-refractivity contribution in [1.29, 1.82) is 0 Å². The Morgan fingerprint density at radius 1 is 0.342 bits per heavy atom. The Morgan fingerprint density at radius 2 is 0.592 bits per heavy atom. The minimum absolute atomic E-state index is 0.151. The lowest BCUT2D eigenvalue weighted by atomic mass is 9.72. The Labute approximate surface area is 717 Å². The van der Waals surface area contributed by atoms with Crippen LogP contribution < -0.4 is 0 Å². The SMILES string of the molecule is C=C(C)COC(=O)C(C)(C)CC(C)(CC)C(=O)O.C=CC(C)(C)OC(=O)C(C)(C)CC(C)(CC)C(=O)O.C=CCOC(=O)C(C)(C)CC(C)(CC)C(=O)O.CCC(C)(CC(C)(C)C(=O)OC/C(C)=C/c1ccccc1)C(=O)O.CCC(C)(CC(C)(C)C(=O)OC/C=C/c1ccccc1)C(=O)O.CCC(C)(CC(C)(C)C(=O)OCC=C(C)C)C(=O)O. The first-order chi connectivity index (χ1) is 54.5. The Hall–Kier alpha value is -9.48. The van der Waals surface area contributed by atoms with Gasteiger partial charge in [0.1, 0.15) is 38.6 Å². The van der Waals surface area contributed by atoms with Crippen molar-refractivity contribution in [3.63, 3.8) is 0 Å². The molecule has 0 saturated heterocycles. The minimum atomic E-state index is -0.933. The normalized spacial score (nSPS) is 14.8. The molecular formula is C96H152O24. The molecule has 2 rings (SSSR count). The van der Waals surface area contributed by atoms with Gasteiger partial charge in [0.05, 0.1) is 65.0 Å². The van der Waals surface area contributed by atoms with E-state index in [9.17, 15) is 88.2 Å². The van der Waals surface area contributed by atoms with E-state index < -0.39 is 118 Å². The van der Waals surface area contributed by atoms with Gasteiger partial charge < -0.3 is 59.1 Å². The molecule has 120 heavy (non-hydrogen) atoms. The van der Waals surface area contributed by atoms with Gasteiger partial charge in [-0.15, -0.1) is 0 Å². The molecule has 24 heteroatoms. The summed E-state index contributed by atoms with van der Waals surface area (Å²) in [5, 5.41) is 55.7. The van der Waals surface area contributed by atoms with Crippen molar-refractivity contribution in [1.82, 2.24) is 0 Å². The summed E-state index contributed by atoms with van der Waals surface area (Å²) in [7, 11) is 0. The van der Waals surface area contributed by atoms with Gasteiger partial charge in [-0.2, -0.15) is 0 Å². The second-order valence-corrected chi connectivity index (χ2v) is 37.6. The van der Waals surface area contributed by atoms with E-state index in [1.54, 1.807) is 164 Å². The fraction of sp³-hybridized carbons (Fsp3) is 0.625. The number of carbonyl (C=O) groups excluding carboxylic acids is 6. The summed E-state index contributed by atoms with van der Waals surface area (Å²) in [6, 6.07) is 19.5. The summed E-state index contributed by atoms with van der Waals surface area (Å²) in [6.45, 7) is 64.2. The molecule has 2 aromatic carbocycles. The molecule has 0 aliphatic carbocycles. The largest absolute Gasteiger partial charge is 0.481 e. The number of ether oxygens (including phenoxy) is 6. The molecule has 0 spiro atoms. The number of esters is 6. The fourth-order valence-electron chi connectivity index (χ4n) is 12.3. The molecule has 0 saturated carbocycles. The van der Waals surface area contributed by atoms with Crippen LogP contribution in [0.1, 0.15) is 296 Å². The lowest BCUT2D eigenvalue weighted by Gasteiger charge is -2.34. The maximum Gasteiger partial charge on any atom is 0.312 e. The van der Waals surface area contributed by atoms with Crippen molar-refractivity contribution in [2.45, 2.75) is 290 Å². The van der Waals surface area contributed by atoms with Crippen molar-refractivity contribution in [2.75, 3.05) is 33.0 Å². The van der Waals surface area contributed by atoms with Crippen LogP contribution >= 0.6 is 0 Å². The summed E-state index contributed by atoms with van der Waals surface area (Å²) >= 11 is 0. The molecule has 680 valence electrons. The highest BCUT2D eigenvalue weighted by molar-refractivity contribution is 5.84. The van der Waals surface area contributed by atoms with Gasteiger partial charge in [0.25, 0.3) is 0 Å². The Kier molecular flexibility index (Phi) is 50.0. The summed E-state index contributed by atoms with van der Waals surface area (Å²) in [6.07, 6.45) is 14.8. The van der Waals surface area contributed by atoms with Gasteiger partial charge >= 0.3 is 71.6 Å². The van der Waals surface area contributed by atoms with Crippen molar-refractivity contribution in [3.8, 4) is 0 Å². The van der Waals surface area contributed by atoms with E-state index in [0.717, 1.165) is 27.8 Å². The molecule has 6 atom stereocenters. The number of rotatable bonds is 44. The zero-order chi connectivity index (χ0) is 94.9. The number of allylic oxidation sites excluding steroid dienone is 1. The van der Waals surface area contributed by atoms with Gasteiger partial charge in [0, 0.05) is 0 Å². The summed E-state index contributed by atoms with van der Waals surface area (Å²) in [5.41, 5.74) is -6.40. The molecule has 0 fully saturated rings. The molecular weight excluding hydrogens is 1540 g/mol. The number of hydrogen-bond donors (Lipinski definition) is 6. The predicted octanol–water partition coefficient (Wildman–Crippen LogP) is 21.2. The minimum Gasteiger partial charge on any atom is -0.481 e. The topological polar surface area (TPSA) is 382 Å². The van der Waals surface area contributed by atoms with Crippen LogP contribution in [-0.2, 0) is 86.0 Å². The van der Waals surface area contributed by atoms with Crippen molar-refractivity contribution < 1.29 is 117 Å². The van der Waals surface area contributed by atoms with Gasteiger partial charge in [-0.25, -0.2) is 0 Å². The van der Waals surface area contributed by atoms with Gasteiger partial charge in [0.15, 0.2) is 0 Å². The lowest BCUT2D eigenvalue weighted by molar-refractivity contribution is -0.168. The molecule has 6 unspecified atom stereocenters. The van der Waals surface area contributed by atoms with Crippen LogP contribution in [-0.4, -0.2) is 141 Å². The Bertz CT molecular complexity index is 3790. The molecule has 0 heterocycles. The van der Waals surface area contributed by atoms with Gasteiger partial charge in [-0.05, 0) is 284 Å². The van der Waals surface area contributed by atoms with E-state index in [1.807, 2.05) is 134 Å².